The van der Waals surface area contributed by atoms with Crippen molar-refractivity contribution in [2.75, 3.05) is 13.2 Å². The molecule has 0 aromatic carbocycles. The van der Waals surface area contributed by atoms with E-state index in [2.05, 4.69) is 17.4 Å². The molecule has 3 nitrogen and oxygen atoms in total. The van der Waals surface area contributed by atoms with E-state index in [1.807, 2.05) is 0 Å². The van der Waals surface area contributed by atoms with Gasteiger partial charge in [0.2, 0.25) is 0 Å². The van der Waals surface area contributed by atoms with Crippen LogP contribution in [-0.4, -0.2) is 24.9 Å². The van der Waals surface area contributed by atoms with Gasteiger partial charge in [-0.2, -0.15) is 0 Å². The van der Waals surface area contributed by atoms with E-state index in [1.165, 1.54) is 50.7 Å². The van der Waals surface area contributed by atoms with Crippen molar-refractivity contribution in [2.24, 2.45) is 11.1 Å². The molecule has 2 aliphatic heterocycles. The van der Waals surface area contributed by atoms with Gasteiger partial charge in [0.25, 0.3) is 0 Å². The summed E-state index contributed by atoms with van der Waals surface area (Å²) in [6.45, 7) is 4.23. The van der Waals surface area contributed by atoms with Gasteiger partial charge in [0.05, 0.1) is 5.71 Å². The van der Waals surface area contributed by atoms with Crippen molar-refractivity contribution in [2.45, 2.75) is 57.9 Å². The zero-order chi connectivity index (χ0) is 11.2. The fraction of sp³-hybridized carbons (Fsp3) is 0.923. The monoisotopic (exact) mass is 224 g/mol. The zero-order valence-corrected chi connectivity index (χ0v) is 10.4. The van der Waals surface area contributed by atoms with Gasteiger partial charge in [-0.05, 0) is 25.8 Å². The lowest BCUT2D eigenvalue weighted by atomic mass is 9.93. The lowest BCUT2D eigenvalue weighted by Gasteiger charge is -2.17. The summed E-state index contributed by atoms with van der Waals surface area (Å²) in [6.07, 6.45) is 9.09. The second kappa shape index (κ2) is 6.24. The van der Waals surface area contributed by atoms with Crippen molar-refractivity contribution < 1.29 is 4.84 Å². The summed E-state index contributed by atoms with van der Waals surface area (Å²) in [5, 5.41) is 7.87. The number of oxime groups is 1. The van der Waals surface area contributed by atoms with Crippen LogP contribution in [-0.2, 0) is 4.84 Å². The van der Waals surface area contributed by atoms with Gasteiger partial charge in [-0.1, -0.05) is 37.8 Å². The van der Waals surface area contributed by atoms with Crippen LogP contribution in [0.4, 0.5) is 0 Å². The first-order chi connectivity index (χ1) is 7.92. The Balaban J connectivity index is 1.81. The smallest absolute Gasteiger partial charge is 0.125 e. The van der Waals surface area contributed by atoms with Crippen LogP contribution in [0, 0.1) is 5.92 Å². The van der Waals surface area contributed by atoms with Crippen LogP contribution in [0.1, 0.15) is 51.9 Å². The van der Waals surface area contributed by atoms with Crippen LogP contribution in [0.3, 0.4) is 0 Å². The largest absolute Gasteiger partial charge is 0.395 e. The molecule has 0 bridgehead atoms. The van der Waals surface area contributed by atoms with Gasteiger partial charge in [-0.25, -0.2) is 0 Å². The summed E-state index contributed by atoms with van der Waals surface area (Å²) in [5.74, 6) is 0.603. The second-order valence-electron chi connectivity index (χ2n) is 5.01. The minimum atomic E-state index is 0.492. The van der Waals surface area contributed by atoms with Crippen molar-refractivity contribution in [3.05, 3.63) is 0 Å². The lowest BCUT2D eigenvalue weighted by Crippen LogP contribution is -2.37. The Labute approximate surface area is 98.6 Å². The van der Waals surface area contributed by atoms with Gasteiger partial charge < -0.3 is 10.2 Å². The average molecular weight is 224 g/mol. The highest BCUT2D eigenvalue weighted by Gasteiger charge is 2.31. The number of hydrogen-bond acceptors (Lipinski definition) is 3. The molecule has 0 amide bonds. The molecule has 0 aliphatic carbocycles. The SMILES string of the molecule is CCCCCC[C@@H]1NCCC[C@@H]2CON=C21. The fourth-order valence-corrected chi connectivity index (χ4v) is 2.70. The quantitative estimate of drug-likeness (QED) is 0.728. The van der Waals surface area contributed by atoms with Crippen LogP contribution >= 0.6 is 0 Å². The molecule has 0 aromatic heterocycles. The molecule has 2 heterocycles. The minimum absolute atomic E-state index is 0.492. The summed E-state index contributed by atoms with van der Waals surface area (Å²) in [6, 6.07) is 0.492. The Morgan fingerprint density at radius 3 is 3.19 bits per heavy atom. The van der Waals surface area contributed by atoms with Crippen molar-refractivity contribution in [1.82, 2.24) is 5.32 Å². The number of nitrogens with zero attached hydrogens (tertiary/aromatic N) is 1. The predicted octanol–water partition coefficient (Wildman–Crippen LogP) is 2.71. The third-order valence-electron chi connectivity index (χ3n) is 3.69. The molecule has 2 aliphatic rings. The highest BCUT2D eigenvalue weighted by molar-refractivity contribution is 5.92. The molecule has 0 unspecified atom stereocenters. The molecule has 1 fully saturated rings. The Morgan fingerprint density at radius 1 is 1.38 bits per heavy atom. The van der Waals surface area contributed by atoms with E-state index in [9.17, 15) is 0 Å². The number of rotatable bonds is 5. The first kappa shape index (κ1) is 11.9. The Hall–Kier alpha value is -0.570. The van der Waals surface area contributed by atoms with Crippen molar-refractivity contribution in [1.29, 1.82) is 0 Å². The van der Waals surface area contributed by atoms with E-state index < -0.39 is 0 Å². The van der Waals surface area contributed by atoms with Crippen molar-refractivity contribution in [3.63, 3.8) is 0 Å². The van der Waals surface area contributed by atoms with Crippen LogP contribution < -0.4 is 5.32 Å². The van der Waals surface area contributed by atoms with Gasteiger partial charge in [0, 0.05) is 12.0 Å². The Morgan fingerprint density at radius 2 is 2.31 bits per heavy atom. The summed E-state index contributed by atoms with van der Waals surface area (Å²) in [5.41, 5.74) is 1.30. The van der Waals surface area contributed by atoms with E-state index in [4.69, 9.17) is 4.84 Å². The van der Waals surface area contributed by atoms with E-state index in [0.717, 1.165) is 13.2 Å². The molecular formula is C13H24N2O. The molecule has 1 saturated heterocycles. The Bertz CT molecular complexity index is 240. The predicted molar refractivity (Wildman–Crippen MR) is 66.7 cm³/mol. The van der Waals surface area contributed by atoms with Crippen LogP contribution in [0.2, 0.25) is 0 Å². The number of nitrogens with one attached hydrogen (secondary N) is 1. The highest BCUT2D eigenvalue weighted by Crippen LogP contribution is 2.23. The summed E-state index contributed by atoms with van der Waals surface area (Å²) < 4.78 is 0. The molecule has 3 heteroatoms. The number of unbranched alkanes of at least 4 members (excludes halogenated alkanes) is 3. The van der Waals surface area contributed by atoms with Gasteiger partial charge in [0.1, 0.15) is 6.61 Å². The molecule has 0 spiro atoms. The van der Waals surface area contributed by atoms with E-state index in [1.54, 1.807) is 0 Å². The summed E-state index contributed by atoms with van der Waals surface area (Å²) in [7, 11) is 0. The van der Waals surface area contributed by atoms with Gasteiger partial charge in [-0.15, -0.1) is 0 Å². The average Bonchev–Trinajstić information content (AvgIpc) is 2.68. The van der Waals surface area contributed by atoms with Gasteiger partial charge in [-0.3, -0.25) is 0 Å². The first-order valence-electron chi connectivity index (χ1n) is 6.85. The topological polar surface area (TPSA) is 33.6 Å². The fourth-order valence-electron chi connectivity index (χ4n) is 2.70. The van der Waals surface area contributed by atoms with E-state index in [-0.39, 0.29) is 0 Å². The summed E-state index contributed by atoms with van der Waals surface area (Å²) >= 11 is 0. The van der Waals surface area contributed by atoms with E-state index >= 15 is 0 Å². The third kappa shape index (κ3) is 2.97. The maximum atomic E-state index is 5.25. The van der Waals surface area contributed by atoms with Crippen LogP contribution in [0.15, 0.2) is 5.16 Å². The molecule has 0 aromatic rings. The zero-order valence-electron chi connectivity index (χ0n) is 10.4. The van der Waals surface area contributed by atoms with Crippen molar-refractivity contribution in [3.8, 4) is 0 Å². The minimum Gasteiger partial charge on any atom is -0.395 e. The van der Waals surface area contributed by atoms with Gasteiger partial charge >= 0.3 is 0 Å². The molecule has 2 atom stereocenters. The maximum absolute atomic E-state index is 5.25. The van der Waals surface area contributed by atoms with Crippen LogP contribution in [0.5, 0.6) is 0 Å². The van der Waals surface area contributed by atoms with E-state index in [0.29, 0.717) is 12.0 Å². The van der Waals surface area contributed by atoms with Crippen LogP contribution in [0.25, 0.3) is 0 Å². The Kier molecular flexibility index (Phi) is 4.64. The molecule has 1 N–H and O–H groups in total. The van der Waals surface area contributed by atoms with Gasteiger partial charge in [0.15, 0.2) is 0 Å². The molecule has 16 heavy (non-hydrogen) atoms. The first-order valence-corrected chi connectivity index (χ1v) is 6.85. The van der Waals surface area contributed by atoms with Crippen molar-refractivity contribution >= 4 is 5.71 Å². The molecule has 0 radical (unpaired) electrons. The number of hydrogen-bond donors (Lipinski definition) is 1. The number of fused-ring (bicyclic) bond motifs is 1. The maximum Gasteiger partial charge on any atom is 0.125 e. The molecular weight excluding hydrogens is 200 g/mol. The third-order valence-corrected chi connectivity index (χ3v) is 3.69. The lowest BCUT2D eigenvalue weighted by molar-refractivity contribution is 0.152. The second-order valence-corrected chi connectivity index (χ2v) is 5.01. The standard InChI is InChI=1S/C13H24N2O/c1-2-3-4-5-8-12-13-11(10-16-15-13)7-6-9-14-12/h11-12,14H,2-10H2,1H3/t11-,12+/m1/s1. The molecule has 92 valence electrons. The summed E-state index contributed by atoms with van der Waals surface area (Å²) in [4.78, 5) is 5.25. The normalized spacial score (nSPS) is 29.2. The molecule has 2 rings (SSSR count). The molecule has 0 saturated carbocycles. The highest BCUT2D eigenvalue weighted by atomic mass is 16.6.